The molecule has 1 amide bonds. The zero-order valence-corrected chi connectivity index (χ0v) is 11.8. The summed E-state index contributed by atoms with van der Waals surface area (Å²) in [4.78, 5) is 11.8. The molecule has 3 nitrogen and oxygen atoms in total. The molecule has 0 aliphatic heterocycles. The van der Waals surface area contributed by atoms with Gasteiger partial charge in [0.1, 0.15) is 5.82 Å². The number of hydrogen-bond donors (Lipinski definition) is 2. The van der Waals surface area contributed by atoms with E-state index in [1.165, 1.54) is 12.1 Å². The van der Waals surface area contributed by atoms with Crippen molar-refractivity contribution in [1.29, 1.82) is 0 Å². The fraction of sp³-hybridized carbons (Fsp3) is 0.500. The molecule has 1 saturated carbocycles. The van der Waals surface area contributed by atoms with Gasteiger partial charge in [0.25, 0.3) is 0 Å². The molecule has 1 unspecified atom stereocenters. The zero-order valence-electron chi connectivity index (χ0n) is 11.0. The van der Waals surface area contributed by atoms with Crippen molar-refractivity contribution in [2.24, 2.45) is 5.73 Å². The van der Waals surface area contributed by atoms with Gasteiger partial charge < -0.3 is 11.1 Å². The van der Waals surface area contributed by atoms with E-state index >= 15 is 0 Å². The highest BCUT2D eigenvalue weighted by molar-refractivity contribution is 5.85. The van der Waals surface area contributed by atoms with Crippen LogP contribution in [0.2, 0.25) is 0 Å². The maximum absolute atomic E-state index is 13.2. The van der Waals surface area contributed by atoms with Crippen LogP contribution in [0.3, 0.4) is 0 Å². The Bertz CT molecular complexity index is 447. The Morgan fingerprint density at radius 3 is 2.74 bits per heavy atom. The van der Waals surface area contributed by atoms with E-state index in [1.54, 1.807) is 6.07 Å². The smallest absolute Gasteiger partial charge is 0.220 e. The van der Waals surface area contributed by atoms with E-state index in [0.29, 0.717) is 12.8 Å². The van der Waals surface area contributed by atoms with E-state index in [4.69, 9.17) is 5.73 Å². The molecular weight excluding hydrogens is 267 g/mol. The summed E-state index contributed by atoms with van der Waals surface area (Å²) in [7, 11) is 0. The predicted molar refractivity (Wildman–Crippen MR) is 75.6 cm³/mol. The van der Waals surface area contributed by atoms with Crippen LogP contribution < -0.4 is 11.1 Å². The molecule has 1 aromatic rings. The van der Waals surface area contributed by atoms with Crippen molar-refractivity contribution in [1.82, 2.24) is 5.32 Å². The van der Waals surface area contributed by atoms with Crippen molar-refractivity contribution < 1.29 is 9.18 Å². The Labute approximate surface area is 119 Å². The van der Waals surface area contributed by atoms with Gasteiger partial charge in [0.2, 0.25) is 5.91 Å². The molecule has 0 aromatic heterocycles. The van der Waals surface area contributed by atoms with E-state index in [2.05, 4.69) is 5.32 Å². The second-order valence-electron chi connectivity index (χ2n) is 5.16. The number of benzene rings is 1. The molecule has 1 atom stereocenters. The second kappa shape index (κ2) is 6.35. The third-order valence-electron chi connectivity index (χ3n) is 3.33. The molecule has 5 heteroatoms. The van der Waals surface area contributed by atoms with Gasteiger partial charge in [-0.15, -0.1) is 12.4 Å². The Balaban J connectivity index is 0.00000180. The Morgan fingerprint density at radius 1 is 1.53 bits per heavy atom. The maximum atomic E-state index is 13.2. The van der Waals surface area contributed by atoms with Crippen LogP contribution in [0.25, 0.3) is 0 Å². The van der Waals surface area contributed by atoms with Crippen LogP contribution >= 0.6 is 12.4 Å². The molecule has 1 aromatic carbocycles. The monoisotopic (exact) mass is 286 g/mol. The van der Waals surface area contributed by atoms with Gasteiger partial charge in [-0.1, -0.05) is 12.1 Å². The second-order valence-corrected chi connectivity index (χ2v) is 5.16. The maximum Gasteiger partial charge on any atom is 0.220 e. The minimum atomic E-state index is -0.336. The number of nitrogens with two attached hydrogens (primary N) is 1. The summed E-state index contributed by atoms with van der Waals surface area (Å²) in [6.45, 7) is 1.88. The molecule has 19 heavy (non-hydrogen) atoms. The minimum Gasteiger partial charge on any atom is -0.347 e. The lowest BCUT2D eigenvalue weighted by Crippen LogP contribution is -2.35. The van der Waals surface area contributed by atoms with Gasteiger partial charge in [-0.3, -0.25) is 4.79 Å². The van der Waals surface area contributed by atoms with Crippen LogP contribution in [0, 0.1) is 5.82 Å². The number of halogens is 2. The van der Waals surface area contributed by atoms with Gasteiger partial charge in [0.15, 0.2) is 0 Å². The third-order valence-corrected chi connectivity index (χ3v) is 3.33. The average molecular weight is 287 g/mol. The first kappa shape index (κ1) is 15.9. The first-order valence-electron chi connectivity index (χ1n) is 6.34. The molecule has 106 valence electrons. The summed E-state index contributed by atoms with van der Waals surface area (Å²) < 4.78 is 13.2. The number of rotatable bonds is 5. The van der Waals surface area contributed by atoms with Gasteiger partial charge in [-0.25, -0.2) is 4.39 Å². The fourth-order valence-electron chi connectivity index (χ4n) is 2.09. The lowest BCUT2D eigenvalue weighted by molar-refractivity contribution is -0.122. The van der Waals surface area contributed by atoms with E-state index in [-0.39, 0.29) is 35.7 Å². The summed E-state index contributed by atoms with van der Waals surface area (Å²) in [6.07, 6.45) is 2.85. The first-order chi connectivity index (χ1) is 8.52. The van der Waals surface area contributed by atoms with Crippen LogP contribution in [-0.4, -0.2) is 11.9 Å². The normalized spacial score (nSPS) is 17.2. The Kier molecular flexibility index (Phi) is 5.32. The number of nitrogens with one attached hydrogen (secondary N) is 1. The number of hydrogen-bond acceptors (Lipinski definition) is 2. The molecular formula is C14H20ClFN2O. The van der Waals surface area contributed by atoms with Crippen molar-refractivity contribution in [3.05, 3.63) is 35.6 Å². The topological polar surface area (TPSA) is 55.1 Å². The highest BCUT2D eigenvalue weighted by Crippen LogP contribution is 2.45. The molecule has 0 radical (unpaired) electrons. The fourth-order valence-corrected chi connectivity index (χ4v) is 2.09. The van der Waals surface area contributed by atoms with E-state index < -0.39 is 0 Å². The van der Waals surface area contributed by atoms with Crippen LogP contribution in [0.1, 0.15) is 38.2 Å². The zero-order chi connectivity index (χ0) is 13.2. The lowest BCUT2D eigenvalue weighted by atomic mass is 10.0. The summed E-state index contributed by atoms with van der Waals surface area (Å²) in [5, 5.41) is 3.01. The van der Waals surface area contributed by atoms with E-state index in [9.17, 15) is 9.18 Å². The van der Waals surface area contributed by atoms with Gasteiger partial charge in [-0.05, 0) is 43.9 Å². The first-order valence-corrected chi connectivity index (χ1v) is 6.34. The highest BCUT2D eigenvalue weighted by Gasteiger charge is 2.45. The summed E-state index contributed by atoms with van der Waals surface area (Å²) >= 11 is 0. The predicted octanol–water partition coefficient (Wildman–Crippen LogP) is 2.48. The van der Waals surface area contributed by atoms with Gasteiger partial charge in [0.05, 0.1) is 5.54 Å². The van der Waals surface area contributed by atoms with E-state index in [0.717, 1.165) is 18.4 Å². The van der Waals surface area contributed by atoms with Crippen molar-refractivity contribution in [2.75, 3.05) is 0 Å². The van der Waals surface area contributed by atoms with Crippen LogP contribution in [0.4, 0.5) is 4.39 Å². The summed E-state index contributed by atoms with van der Waals surface area (Å²) in [5.74, 6) is -0.266. The summed E-state index contributed by atoms with van der Waals surface area (Å²) in [6, 6.07) is 6.48. The van der Waals surface area contributed by atoms with Crippen molar-refractivity contribution in [2.45, 2.75) is 44.2 Å². The molecule has 0 heterocycles. The molecule has 0 saturated heterocycles. The number of carbonyl (C=O) groups is 1. The van der Waals surface area contributed by atoms with Crippen LogP contribution in [0.5, 0.6) is 0 Å². The van der Waals surface area contributed by atoms with Crippen molar-refractivity contribution in [3.63, 3.8) is 0 Å². The number of amides is 1. The highest BCUT2D eigenvalue weighted by atomic mass is 35.5. The van der Waals surface area contributed by atoms with Gasteiger partial charge >= 0.3 is 0 Å². The Hall–Kier alpha value is -1.13. The molecule has 1 aliphatic carbocycles. The molecule has 1 fully saturated rings. The van der Waals surface area contributed by atoms with Crippen molar-refractivity contribution >= 4 is 18.3 Å². The minimum absolute atomic E-state index is 0. The van der Waals surface area contributed by atoms with Crippen LogP contribution in [0.15, 0.2) is 24.3 Å². The molecule has 3 N–H and O–H groups in total. The van der Waals surface area contributed by atoms with Gasteiger partial charge in [-0.2, -0.15) is 0 Å². The van der Waals surface area contributed by atoms with E-state index in [1.807, 2.05) is 13.0 Å². The molecule has 1 aliphatic rings. The quantitative estimate of drug-likeness (QED) is 0.874. The summed E-state index contributed by atoms with van der Waals surface area (Å²) in [5.41, 5.74) is 6.14. The SMILES string of the molecule is CC(N)CCC(=O)NC1(c2cccc(F)c2)CC1.Cl. The average Bonchev–Trinajstić information content (AvgIpc) is 3.07. The van der Waals surface area contributed by atoms with Crippen molar-refractivity contribution in [3.8, 4) is 0 Å². The Morgan fingerprint density at radius 2 is 2.21 bits per heavy atom. The lowest BCUT2D eigenvalue weighted by Gasteiger charge is -2.18. The van der Waals surface area contributed by atoms with Gasteiger partial charge in [0, 0.05) is 12.5 Å². The molecule has 0 spiro atoms. The third kappa shape index (κ3) is 4.18. The largest absolute Gasteiger partial charge is 0.347 e. The molecule has 0 bridgehead atoms. The standard InChI is InChI=1S/C14H19FN2O.ClH/c1-10(16)5-6-13(18)17-14(7-8-14)11-3-2-4-12(15)9-11;/h2-4,9-10H,5-8,16H2,1H3,(H,17,18);1H. The molecule has 2 rings (SSSR count). The number of carbonyl (C=O) groups excluding carboxylic acids is 1. The van der Waals surface area contributed by atoms with Crippen LogP contribution in [-0.2, 0) is 10.3 Å².